The van der Waals surface area contributed by atoms with Gasteiger partial charge in [-0.05, 0) is 36.5 Å². The van der Waals surface area contributed by atoms with Crippen molar-refractivity contribution in [1.29, 1.82) is 0 Å². The molecule has 1 spiro atoms. The molecule has 116 valence electrons. The molecule has 21 heavy (non-hydrogen) atoms. The summed E-state index contributed by atoms with van der Waals surface area (Å²) in [6, 6.07) is 6.06. The van der Waals surface area contributed by atoms with Crippen LogP contribution in [0.15, 0.2) is 24.3 Å². The van der Waals surface area contributed by atoms with Crippen molar-refractivity contribution in [1.82, 2.24) is 0 Å². The SMILES string of the molecule is OC(c1ccc(C(F)F)cc1)C1CCOC2(CCSC2)C1. The van der Waals surface area contributed by atoms with Crippen LogP contribution in [-0.4, -0.2) is 28.8 Å². The van der Waals surface area contributed by atoms with Crippen molar-refractivity contribution in [3.05, 3.63) is 35.4 Å². The molecule has 0 amide bonds. The van der Waals surface area contributed by atoms with E-state index in [2.05, 4.69) is 0 Å². The third kappa shape index (κ3) is 3.25. The average molecular weight is 314 g/mol. The number of hydrogen-bond acceptors (Lipinski definition) is 3. The Morgan fingerprint density at radius 2 is 1.95 bits per heavy atom. The minimum absolute atomic E-state index is 0.00147. The number of aliphatic hydroxyl groups excluding tert-OH is 1. The second kappa shape index (κ2) is 6.23. The van der Waals surface area contributed by atoms with E-state index in [9.17, 15) is 13.9 Å². The average Bonchev–Trinajstić information content (AvgIpc) is 2.94. The van der Waals surface area contributed by atoms with Crippen LogP contribution in [0.3, 0.4) is 0 Å². The zero-order valence-corrected chi connectivity index (χ0v) is 12.6. The van der Waals surface area contributed by atoms with Crippen LogP contribution in [-0.2, 0) is 4.74 Å². The highest BCUT2D eigenvalue weighted by Gasteiger charge is 2.42. The topological polar surface area (TPSA) is 29.5 Å². The van der Waals surface area contributed by atoms with Crippen molar-refractivity contribution < 1.29 is 18.6 Å². The van der Waals surface area contributed by atoms with Gasteiger partial charge in [-0.15, -0.1) is 0 Å². The summed E-state index contributed by atoms with van der Waals surface area (Å²) in [5, 5.41) is 10.6. The van der Waals surface area contributed by atoms with Crippen LogP contribution < -0.4 is 0 Å². The third-order valence-corrected chi connectivity index (χ3v) is 5.80. The van der Waals surface area contributed by atoms with Crippen LogP contribution in [0.4, 0.5) is 8.78 Å². The van der Waals surface area contributed by atoms with Gasteiger partial charge in [-0.2, -0.15) is 11.8 Å². The second-order valence-corrected chi connectivity index (χ2v) is 7.10. The van der Waals surface area contributed by atoms with Gasteiger partial charge < -0.3 is 9.84 Å². The highest BCUT2D eigenvalue weighted by molar-refractivity contribution is 7.99. The van der Waals surface area contributed by atoms with Gasteiger partial charge in [-0.1, -0.05) is 24.3 Å². The van der Waals surface area contributed by atoms with E-state index in [0.29, 0.717) is 6.61 Å². The molecule has 2 saturated heterocycles. The van der Waals surface area contributed by atoms with E-state index in [0.717, 1.165) is 36.3 Å². The predicted molar refractivity (Wildman–Crippen MR) is 79.7 cm³/mol. The molecule has 0 saturated carbocycles. The molecule has 0 bridgehead atoms. The Hall–Kier alpha value is -0.650. The Morgan fingerprint density at radius 3 is 2.57 bits per heavy atom. The molecule has 2 aliphatic rings. The lowest BCUT2D eigenvalue weighted by molar-refractivity contribution is -0.102. The summed E-state index contributed by atoms with van der Waals surface area (Å²) < 4.78 is 31.1. The van der Waals surface area contributed by atoms with Gasteiger partial charge in [0.05, 0.1) is 11.7 Å². The fourth-order valence-corrected chi connectivity index (χ4v) is 4.69. The summed E-state index contributed by atoms with van der Waals surface area (Å²) in [4.78, 5) is 0. The van der Waals surface area contributed by atoms with E-state index in [4.69, 9.17) is 4.74 Å². The molecule has 3 atom stereocenters. The number of alkyl halides is 2. The van der Waals surface area contributed by atoms with Crippen LogP contribution in [0.25, 0.3) is 0 Å². The van der Waals surface area contributed by atoms with Gasteiger partial charge in [0, 0.05) is 17.9 Å². The zero-order chi connectivity index (χ0) is 14.9. The van der Waals surface area contributed by atoms with Gasteiger partial charge in [0.2, 0.25) is 0 Å². The fraction of sp³-hybridized carbons (Fsp3) is 0.625. The number of halogens is 2. The van der Waals surface area contributed by atoms with E-state index in [1.165, 1.54) is 12.1 Å². The van der Waals surface area contributed by atoms with Crippen molar-refractivity contribution in [2.75, 3.05) is 18.1 Å². The molecule has 1 aromatic rings. The second-order valence-electron chi connectivity index (χ2n) is 6.00. The smallest absolute Gasteiger partial charge is 0.263 e. The quantitative estimate of drug-likeness (QED) is 0.916. The van der Waals surface area contributed by atoms with Gasteiger partial charge >= 0.3 is 0 Å². The van der Waals surface area contributed by atoms with Crippen molar-refractivity contribution >= 4 is 11.8 Å². The molecule has 0 aromatic heterocycles. The number of aliphatic hydroxyl groups is 1. The molecule has 3 unspecified atom stereocenters. The first-order valence-corrected chi connectivity index (χ1v) is 8.53. The van der Waals surface area contributed by atoms with Crippen LogP contribution in [0.5, 0.6) is 0 Å². The fourth-order valence-electron chi connectivity index (χ4n) is 3.31. The highest BCUT2D eigenvalue weighted by Crippen LogP contribution is 2.44. The lowest BCUT2D eigenvalue weighted by Gasteiger charge is -2.39. The maximum absolute atomic E-state index is 12.6. The van der Waals surface area contributed by atoms with Gasteiger partial charge in [0.1, 0.15) is 0 Å². The Morgan fingerprint density at radius 1 is 1.24 bits per heavy atom. The van der Waals surface area contributed by atoms with Crippen molar-refractivity contribution in [3.63, 3.8) is 0 Å². The molecule has 3 rings (SSSR count). The molecule has 2 nitrogen and oxygen atoms in total. The van der Waals surface area contributed by atoms with Crippen LogP contribution >= 0.6 is 11.8 Å². The maximum atomic E-state index is 12.6. The summed E-state index contributed by atoms with van der Waals surface area (Å²) in [6.07, 6.45) is -0.325. The molecule has 1 N–H and O–H groups in total. The van der Waals surface area contributed by atoms with Gasteiger partial charge in [-0.3, -0.25) is 0 Å². The number of thioether (sulfide) groups is 1. The molecule has 2 fully saturated rings. The molecule has 2 heterocycles. The number of ether oxygens (including phenoxy) is 1. The zero-order valence-electron chi connectivity index (χ0n) is 11.8. The van der Waals surface area contributed by atoms with Crippen LogP contribution in [0.2, 0.25) is 0 Å². The minimum atomic E-state index is -2.46. The van der Waals surface area contributed by atoms with E-state index >= 15 is 0 Å². The summed E-state index contributed by atoms with van der Waals surface area (Å²) >= 11 is 1.90. The minimum Gasteiger partial charge on any atom is -0.388 e. The Kier molecular flexibility index (Phi) is 4.52. The molecule has 2 aliphatic heterocycles. The Bertz CT molecular complexity index is 472. The molecule has 0 radical (unpaired) electrons. The summed E-state index contributed by atoms with van der Waals surface area (Å²) in [5.41, 5.74) is 0.658. The first-order chi connectivity index (χ1) is 10.1. The maximum Gasteiger partial charge on any atom is 0.263 e. The summed E-state index contributed by atoms with van der Waals surface area (Å²) in [7, 11) is 0. The highest BCUT2D eigenvalue weighted by atomic mass is 32.2. The first-order valence-electron chi connectivity index (χ1n) is 7.37. The summed E-state index contributed by atoms with van der Waals surface area (Å²) in [6.45, 7) is 0.678. The number of benzene rings is 1. The first kappa shape index (κ1) is 15.3. The lowest BCUT2D eigenvalue weighted by atomic mass is 9.80. The van der Waals surface area contributed by atoms with Crippen molar-refractivity contribution in [3.8, 4) is 0 Å². The third-order valence-electron chi connectivity index (χ3n) is 4.57. The summed E-state index contributed by atoms with van der Waals surface area (Å²) in [5.74, 6) is 2.27. The standard InChI is InChI=1S/C16H20F2O2S/c17-15(18)12-3-1-11(2-4-12)14(19)13-5-7-20-16(9-13)6-8-21-10-16/h1-4,13-15,19H,5-10H2. The monoisotopic (exact) mass is 314 g/mol. The predicted octanol–water partition coefficient (Wildman–Crippen LogP) is 3.96. The molecular weight excluding hydrogens is 294 g/mol. The van der Waals surface area contributed by atoms with Gasteiger partial charge in [0.25, 0.3) is 6.43 Å². The van der Waals surface area contributed by atoms with Gasteiger partial charge in [0.15, 0.2) is 0 Å². The van der Waals surface area contributed by atoms with Crippen LogP contribution in [0.1, 0.15) is 42.9 Å². The molecule has 1 aromatic carbocycles. The van der Waals surface area contributed by atoms with E-state index in [-0.39, 0.29) is 17.1 Å². The molecule has 5 heteroatoms. The van der Waals surface area contributed by atoms with Crippen molar-refractivity contribution in [2.45, 2.75) is 37.4 Å². The van der Waals surface area contributed by atoms with E-state index in [1.54, 1.807) is 12.1 Å². The normalized spacial score (nSPS) is 31.0. The Balaban J connectivity index is 1.70. The number of rotatable bonds is 3. The van der Waals surface area contributed by atoms with Crippen molar-refractivity contribution in [2.24, 2.45) is 5.92 Å². The number of hydrogen-bond donors (Lipinski definition) is 1. The molecular formula is C16H20F2O2S. The van der Waals surface area contributed by atoms with E-state index in [1.807, 2.05) is 11.8 Å². The van der Waals surface area contributed by atoms with Gasteiger partial charge in [-0.25, -0.2) is 8.78 Å². The Labute approximate surface area is 127 Å². The largest absolute Gasteiger partial charge is 0.388 e. The van der Waals surface area contributed by atoms with E-state index < -0.39 is 12.5 Å². The molecule has 0 aliphatic carbocycles. The van der Waals surface area contributed by atoms with Crippen LogP contribution in [0, 0.1) is 5.92 Å². The lowest BCUT2D eigenvalue weighted by Crippen LogP contribution is -2.41.